The van der Waals surface area contributed by atoms with Crippen molar-refractivity contribution in [3.8, 4) is 6.07 Å². The van der Waals surface area contributed by atoms with E-state index in [9.17, 15) is 4.79 Å². The Morgan fingerprint density at radius 3 is 2.71 bits per heavy atom. The molecule has 4 aromatic rings. The van der Waals surface area contributed by atoms with E-state index in [0.29, 0.717) is 6.04 Å². The minimum atomic E-state index is -0.0659. The summed E-state index contributed by atoms with van der Waals surface area (Å²) in [6.07, 6.45) is 7.37. The van der Waals surface area contributed by atoms with Crippen molar-refractivity contribution in [2.45, 2.75) is 58.3 Å². The summed E-state index contributed by atoms with van der Waals surface area (Å²) in [4.78, 5) is 22.1. The van der Waals surface area contributed by atoms with Gasteiger partial charge in [0.05, 0.1) is 23.5 Å². The number of aryl methyl sites for hydroxylation is 1. The van der Waals surface area contributed by atoms with Crippen LogP contribution in [0.3, 0.4) is 0 Å². The van der Waals surface area contributed by atoms with Gasteiger partial charge in [0, 0.05) is 50.5 Å². The molecule has 5 rings (SSSR count). The van der Waals surface area contributed by atoms with Crippen LogP contribution in [0.15, 0.2) is 41.7 Å². The first-order valence-corrected chi connectivity index (χ1v) is 12.2. The van der Waals surface area contributed by atoms with Crippen molar-refractivity contribution in [1.82, 2.24) is 33.8 Å². The number of nitrogens with zero attached hydrogens (tertiary/aromatic N) is 9. The van der Waals surface area contributed by atoms with Crippen molar-refractivity contribution in [3.05, 3.63) is 52.8 Å². The second-order valence-electron chi connectivity index (χ2n) is 9.32. The Morgan fingerprint density at radius 1 is 1.17 bits per heavy atom. The van der Waals surface area contributed by atoms with Crippen LogP contribution in [0.2, 0.25) is 0 Å². The zero-order chi connectivity index (χ0) is 24.7. The smallest absolute Gasteiger partial charge is 0.252 e. The SMILES string of the molecule is CC[C@H]1CN([C@@H](C)c2ccc3ncnn3c2)[C@H](CC)CN1c1cc(=O)n(C)c2cn(CC#N)nc12. The van der Waals surface area contributed by atoms with Gasteiger partial charge in [-0.2, -0.15) is 15.5 Å². The summed E-state index contributed by atoms with van der Waals surface area (Å²) in [7, 11) is 1.75. The lowest BCUT2D eigenvalue weighted by molar-refractivity contribution is 0.101. The van der Waals surface area contributed by atoms with E-state index >= 15 is 0 Å². The predicted octanol–water partition coefficient (Wildman–Crippen LogP) is 2.74. The lowest BCUT2D eigenvalue weighted by atomic mass is 9.97. The fourth-order valence-electron chi connectivity index (χ4n) is 5.34. The summed E-state index contributed by atoms with van der Waals surface area (Å²) >= 11 is 0. The van der Waals surface area contributed by atoms with Crippen LogP contribution in [0, 0.1) is 11.3 Å². The molecule has 0 saturated carbocycles. The molecule has 0 unspecified atom stereocenters. The molecule has 0 amide bonds. The minimum Gasteiger partial charge on any atom is -0.364 e. The van der Waals surface area contributed by atoms with E-state index < -0.39 is 0 Å². The molecule has 5 heterocycles. The molecular weight excluding hydrogens is 442 g/mol. The molecule has 10 heteroatoms. The van der Waals surface area contributed by atoms with Gasteiger partial charge in [-0.3, -0.25) is 14.4 Å². The normalized spacial score (nSPS) is 19.9. The summed E-state index contributed by atoms with van der Waals surface area (Å²) in [6, 6.07) is 8.75. The molecule has 0 aliphatic carbocycles. The molecule has 0 spiro atoms. The average molecular weight is 474 g/mol. The van der Waals surface area contributed by atoms with Gasteiger partial charge in [0.25, 0.3) is 5.56 Å². The first kappa shape index (κ1) is 23.1. The standard InChI is InChI=1S/C25H31N9O/c1-5-19-14-33(21-11-24(35)30(4)22-15-31(10-9-26)29-25(21)22)20(6-2)13-32(19)17(3)18-7-8-23-27-16-28-34(23)12-18/h7-8,11-12,15-17,19-20H,5-6,10,13-14H2,1-4H3/t17-,19+,20-/m0/s1. The summed E-state index contributed by atoms with van der Waals surface area (Å²) in [6.45, 7) is 8.50. The van der Waals surface area contributed by atoms with Crippen molar-refractivity contribution < 1.29 is 0 Å². The molecule has 1 saturated heterocycles. The lowest BCUT2D eigenvalue weighted by Crippen LogP contribution is -2.58. The van der Waals surface area contributed by atoms with Crippen LogP contribution in [0.4, 0.5) is 5.69 Å². The van der Waals surface area contributed by atoms with Crippen LogP contribution >= 0.6 is 0 Å². The third kappa shape index (κ3) is 3.96. The molecular formula is C25H31N9O. The van der Waals surface area contributed by atoms with Crippen LogP contribution in [0.1, 0.15) is 45.2 Å². The number of rotatable bonds is 6. The summed E-state index contributed by atoms with van der Waals surface area (Å²) in [5, 5.41) is 18.1. The Labute approximate surface area is 204 Å². The highest BCUT2D eigenvalue weighted by molar-refractivity contribution is 5.88. The second kappa shape index (κ2) is 9.15. The molecule has 1 aliphatic heterocycles. The van der Waals surface area contributed by atoms with Gasteiger partial charge in [-0.25, -0.2) is 9.50 Å². The number of piperazine rings is 1. The Bertz CT molecular complexity index is 1460. The van der Waals surface area contributed by atoms with Crippen LogP contribution < -0.4 is 10.5 Å². The van der Waals surface area contributed by atoms with Crippen LogP contribution in [-0.2, 0) is 13.6 Å². The zero-order valence-electron chi connectivity index (χ0n) is 20.7. The Kier molecular flexibility index (Phi) is 6.03. The van der Waals surface area contributed by atoms with E-state index in [1.807, 2.05) is 10.6 Å². The van der Waals surface area contributed by atoms with Crippen LogP contribution in [0.25, 0.3) is 16.7 Å². The van der Waals surface area contributed by atoms with Crippen molar-refractivity contribution in [3.63, 3.8) is 0 Å². The van der Waals surface area contributed by atoms with E-state index in [0.717, 1.165) is 48.3 Å². The number of fused-ring (bicyclic) bond motifs is 2. The summed E-state index contributed by atoms with van der Waals surface area (Å²) in [5.41, 5.74) is 4.37. The number of hydrogen-bond donors (Lipinski definition) is 0. The molecule has 0 aromatic carbocycles. The quantitative estimate of drug-likeness (QED) is 0.424. The highest BCUT2D eigenvalue weighted by Gasteiger charge is 2.36. The molecule has 0 N–H and O–H groups in total. The molecule has 1 aliphatic rings. The van der Waals surface area contributed by atoms with Gasteiger partial charge < -0.3 is 9.47 Å². The molecule has 10 nitrogen and oxygen atoms in total. The van der Waals surface area contributed by atoms with Gasteiger partial charge in [-0.1, -0.05) is 19.9 Å². The fourth-order valence-corrected chi connectivity index (χ4v) is 5.34. The van der Waals surface area contributed by atoms with Crippen LogP contribution in [-0.4, -0.2) is 59.0 Å². The van der Waals surface area contributed by atoms with E-state index in [2.05, 4.69) is 64.1 Å². The van der Waals surface area contributed by atoms with E-state index in [1.165, 1.54) is 5.56 Å². The molecule has 0 radical (unpaired) electrons. The van der Waals surface area contributed by atoms with Crippen molar-refractivity contribution >= 4 is 22.4 Å². The van der Waals surface area contributed by atoms with Gasteiger partial charge >= 0.3 is 0 Å². The van der Waals surface area contributed by atoms with Crippen molar-refractivity contribution in [1.29, 1.82) is 5.26 Å². The van der Waals surface area contributed by atoms with E-state index in [-0.39, 0.29) is 24.2 Å². The fraction of sp³-hybridized carbons (Fsp3) is 0.480. The molecule has 35 heavy (non-hydrogen) atoms. The first-order valence-electron chi connectivity index (χ1n) is 12.2. The van der Waals surface area contributed by atoms with Gasteiger partial charge in [0.2, 0.25) is 0 Å². The molecule has 1 fully saturated rings. The maximum atomic E-state index is 12.9. The number of aromatic nitrogens is 6. The maximum Gasteiger partial charge on any atom is 0.252 e. The third-order valence-electron chi connectivity index (χ3n) is 7.44. The summed E-state index contributed by atoms with van der Waals surface area (Å²) in [5.74, 6) is 0. The van der Waals surface area contributed by atoms with Gasteiger partial charge in [0.1, 0.15) is 18.4 Å². The van der Waals surface area contributed by atoms with Gasteiger partial charge in [-0.05, 0) is 31.4 Å². The Morgan fingerprint density at radius 2 is 1.97 bits per heavy atom. The van der Waals surface area contributed by atoms with E-state index in [1.54, 1.807) is 34.9 Å². The zero-order valence-corrected chi connectivity index (χ0v) is 20.7. The number of anilines is 1. The van der Waals surface area contributed by atoms with E-state index in [4.69, 9.17) is 5.26 Å². The highest BCUT2D eigenvalue weighted by Crippen LogP contribution is 2.34. The molecule has 4 aromatic heterocycles. The number of hydrogen-bond acceptors (Lipinski definition) is 7. The van der Waals surface area contributed by atoms with Gasteiger partial charge in [0.15, 0.2) is 5.65 Å². The van der Waals surface area contributed by atoms with Gasteiger partial charge in [-0.15, -0.1) is 0 Å². The van der Waals surface area contributed by atoms with Crippen molar-refractivity contribution in [2.75, 3.05) is 18.0 Å². The second-order valence-corrected chi connectivity index (χ2v) is 9.32. The molecule has 3 atom stereocenters. The largest absolute Gasteiger partial charge is 0.364 e. The summed E-state index contributed by atoms with van der Waals surface area (Å²) < 4.78 is 5.05. The third-order valence-corrected chi connectivity index (χ3v) is 7.44. The van der Waals surface area contributed by atoms with Crippen LogP contribution in [0.5, 0.6) is 0 Å². The Hall–Kier alpha value is -3.71. The monoisotopic (exact) mass is 473 g/mol. The predicted molar refractivity (Wildman–Crippen MR) is 134 cm³/mol. The molecule has 182 valence electrons. The lowest BCUT2D eigenvalue weighted by Gasteiger charge is -2.49. The number of nitriles is 1. The average Bonchev–Trinajstić information content (AvgIpc) is 3.52. The highest BCUT2D eigenvalue weighted by atomic mass is 16.1. The maximum absolute atomic E-state index is 12.9. The Balaban J connectivity index is 1.51. The molecule has 0 bridgehead atoms. The minimum absolute atomic E-state index is 0.0659. The first-order chi connectivity index (χ1) is 16.9. The topological polar surface area (TPSA) is 100 Å². The van der Waals surface area contributed by atoms with Crippen molar-refractivity contribution in [2.24, 2.45) is 7.05 Å². The number of pyridine rings is 2.